The number of nitrogens with zero attached hydrogens (tertiary/aromatic N) is 2. The summed E-state index contributed by atoms with van der Waals surface area (Å²) in [5.41, 5.74) is 0. The fourth-order valence-electron chi connectivity index (χ4n) is 5.50. The Balaban J connectivity index is 1.32. The molecule has 3 atom stereocenters. The summed E-state index contributed by atoms with van der Waals surface area (Å²) in [7, 11) is 1.72. The van der Waals surface area contributed by atoms with Crippen LogP contribution in [-0.2, 0) is 19.1 Å². The first kappa shape index (κ1) is 20.1. The quantitative estimate of drug-likeness (QED) is 0.623. The Kier molecular flexibility index (Phi) is 5.76. The van der Waals surface area contributed by atoms with Crippen LogP contribution < -0.4 is 10.6 Å². The maximum atomic E-state index is 13.2. The summed E-state index contributed by atoms with van der Waals surface area (Å²) in [5.74, 6) is 0.593. The number of amides is 5. The van der Waals surface area contributed by atoms with Gasteiger partial charge in [0.2, 0.25) is 11.8 Å². The Hall–Kier alpha value is -2.16. The zero-order chi connectivity index (χ0) is 20.5. The fraction of sp³-hybridized carbons (Fsp3) is 0.800. The summed E-state index contributed by atoms with van der Waals surface area (Å²) in [6, 6.07) is -1.34. The van der Waals surface area contributed by atoms with Crippen LogP contribution in [0.2, 0.25) is 0 Å². The maximum Gasteiger partial charge on any atom is 0.322 e. The molecule has 2 bridgehead atoms. The number of hydrogen-bond donors (Lipinski definition) is 2. The van der Waals surface area contributed by atoms with Gasteiger partial charge in [0.1, 0.15) is 6.04 Å². The number of hydrogen-bond acceptors (Lipinski definition) is 5. The lowest BCUT2D eigenvalue weighted by Crippen LogP contribution is -2.52. The molecule has 0 aromatic heterocycles. The minimum absolute atomic E-state index is 0.00695. The van der Waals surface area contributed by atoms with Gasteiger partial charge in [-0.2, -0.15) is 0 Å². The molecular formula is C20H30N4O5. The Morgan fingerprint density at radius 2 is 1.69 bits per heavy atom. The first-order valence-corrected chi connectivity index (χ1v) is 10.6. The molecule has 160 valence electrons. The average molecular weight is 406 g/mol. The number of ether oxygens (including phenoxy) is 1. The molecular weight excluding hydrogens is 376 g/mol. The van der Waals surface area contributed by atoms with E-state index in [1.165, 1.54) is 0 Å². The molecule has 4 aliphatic rings. The first-order chi connectivity index (χ1) is 14.0. The molecule has 5 amide bonds. The Morgan fingerprint density at radius 1 is 1.03 bits per heavy atom. The summed E-state index contributed by atoms with van der Waals surface area (Å²) < 4.78 is 5.24. The number of methoxy groups -OCH3 is 1. The van der Waals surface area contributed by atoms with Crippen molar-refractivity contribution in [2.45, 2.75) is 38.1 Å². The van der Waals surface area contributed by atoms with Crippen molar-refractivity contribution in [1.82, 2.24) is 20.4 Å². The molecule has 4 rings (SSSR count). The molecule has 1 saturated carbocycles. The molecule has 1 aliphatic carbocycles. The number of carbonyl (C=O) groups excluding carboxylic acids is 4. The van der Waals surface area contributed by atoms with Crippen LogP contribution >= 0.6 is 0 Å². The van der Waals surface area contributed by atoms with Crippen LogP contribution in [-0.4, -0.2) is 79.5 Å². The lowest BCUT2D eigenvalue weighted by Gasteiger charge is -2.41. The summed E-state index contributed by atoms with van der Waals surface area (Å²) in [4.78, 5) is 52.6. The number of nitrogens with one attached hydrogen (secondary N) is 2. The lowest BCUT2D eigenvalue weighted by molar-refractivity contribution is -0.146. The van der Waals surface area contributed by atoms with Crippen molar-refractivity contribution in [3.63, 3.8) is 0 Å². The highest BCUT2D eigenvalue weighted by molar-refractivity contribution is 6.05. The van der Waals surface area contributed by atoms with E-state index in [1.54, 1.807) is 12.0 Å². The highest BCUT2D eigenvalue weighted by atomic mass is 16.5. The van der Waals surface area contributed by atoms with Crippen LogP contribution in [0.1, 0.15) is 32.1 Å². The van der Waals surface area contributed by atoms with Crippen molar-refractivity contribution in [2.75, 3.05) is 39.9 Å². The van der Waals surface area contributed by atoms with Gasteiger partial charge in [0, 0.05) is 45.8 Å². The van der Waals surface area contributed by atoms with E-state index in [0.717, 1.165) is 45.4 Å². The predicted molar refractivity (Wildman–Crippen MR) is 103 cm³/mol. The second kappa shape index (κ2) is 8.30. The molecule has 3 heterocycles. The first-order valence-electron chi connectivity index (χ1n) is 10.6. The third-order valence-corrected chi connectivity index (χ3v) is 7.04. The highest BCUT2D eigenvalue weighted by Crippen LogP contribution is 2.43. The van der Waals surface area contributed by atoms with Gasteiger partial charge in [0.05, 0.1) is 6.42 Å². The molecule has 3 saturated heterocycles. The smallest absolute Gasteiger partial charge is 0.322 e. The number of likely N-dealkylation sites (tertiary alicyclic amines) is 2. The molecule has 4 fully saturated rings. The number of imide groups is 1. The average Bonchev–Trinajstić information content (AvgIpc) is 3.15. The molecule has 3 aliphatic heterocycles. The van der Waals surface area contributed by atoms with Crippen molar-refractivity contribution in [1.29, 1.82) is 0 Å². The molecule has 0 spiro atoms. The van der Waals surface area contributed by atoms with Gasteiger partial charge >= 0.3 is 6.03 Å². The van der Waals surface area contributed by atoms with E-state index < -0.39 is 18.0 Å². The Morgan fingerprint density at radius 3 is 2.24 bits per heavy atom. The van der Waals surface area contributed by atoms with Crippen LogP contribution in [0.15, 0.2) is 0 Å². The molecule has 0 aromatic rings. The second-order valence-electron chi connectivity index (χ2n) is 8.87. The van der Waals surface area contributed by atoms with Crippen molar-refractivity contribution in [3.05, 3.63) is 0 Å². The zero-order valence-corrected chi connectivity index (χ0v) is 16.9. The van der Waals surface area contributed by atoms with E-state index in [2.05, 4.69) is 10.6 Å². The van der Waals surface area contributed by atoms with Gasteiger partial charge in [0.15, 0.2) is 0 Å². The molecule has 2 N–H and O–H groups in total. The lowest BCUT2D eigenvalue weighted by atomic mass is 9.83. The number of carbonyl (C=O) groups is 4. The molecule has 9 heteroatoms. The van der Waals surface area contributed by atoms with Crippen molar-refractivity contribution in [2.24, 2.45) is 23.7 Å². The Bertz CT molecular complexity index is 676. The number of piperidine rings is 2. The SMILES string of the molecule is COCC1CCN(C(=O)C2C3CCC2CN(C(=O)CC2NC(=O)NC2=O)C3)CC1. The van der Waals surface area contributed by atoms with E-state index >= 15 is 0 Å². The van der Waals surface area contributed by atoms with Crippen LogP contribution in [0, 0.1) is 23.7 Å². The van der Waals surface area contributed by atoms with Gasteiger partial charge < -0.3 is 19.9 Å². The minimum atomic E-state index is -0.791. The van der Waals surface area contributed by atoms with Crippen molar-refractivity contribution in [3.8, 4) is 0 Å². The molecule has 0 aromatic carbocycles. The largest absolute Gasteiger partial charge is 0.384 e. The summed E-state index contributed by atoms with van der Waals surface area (Å²) in [6.07, 6.45) is 3.88. The molecule has 9 nitrogen and oxygen atoms in total. The van der Waals surface area contributed by atoms with Gasteiger partial charge in [0.25, 0.3) is 5.91 Å². The summed E-state index contributed by atoms with van der Waals surface area (Å²) in [5, 5.41) is 4.63. The van der Waals surface area contributed by atoms with Gasteiger partial charge in [-0.15, -0.1) is 0 Å². The number of urea groups is 1. The number of fused-ring (bicyclic) bond motifs is 2. The summed E-state index contributed by atoms with van der Waals surface area (Å²) >= 11 is 0. The Labute approximate surface area is 170 Å². The minimum Gasteiger partial charge on any atom is -0.384 e. The fourth-order valence-corrected chi connectivity index (χ4v) is 5.50. The van der Waals surface area contributed by atoms with Crippen molar-refractivity contribution < 1.29 is 23.9 Å². The van der Waals surface area contributed by atoms with Gasteiger partial charge in [-0.25, -0.2) is 4.79 Å². The second-order valence-corrected chi connectivity index (χ2v) is 8.87. The monoisotopic (exact) mass is 406 g/mol. The van der Waals surface area contributed by atoms with Gasteiger partial charge in [-0.3, -0.25) is 19.7 Å². The molecule has 3 unspecified atom stereocenters. The van der Waals surface area contributed by atoms with Crippen LogP contribution in [0.4, 0.5) is 4.79 Å². The molecule has 0 radical (unpaired) electrons. The van der Waals surface area contributed by atoms with E-state index in [9.17, 15) is 19.2 Å². The van der Waals surface area contributed by atoms with Gasteiger partial charge in [-0.05, 0) is 43.4 Å². The number of rotatable bonds is 5. The maximum absolute atomic E-state index is 13.2. The van der Waals surface area contributed by atoms with Crippen LogP contribution in [0.3, 0.4) is 0 Å². The third kappa shape index (κ3) is 4.10. The summed E-state index contributed by atoms with van der Waals surface area (Å²) in [6.45, 7) is 3.47. The normalized spacial score (nSPS) is 32.3. The third-order valence-electron chi connectivity index (χ3n) is 7.04. The van der Waals surface area contributed by atoms with Gasteiger partial charge in [-0.1, -0.05) is 0 Å². The highest BCUT2D eigenvalue weighted by Gasteiger charge is 2.48. The zero-order valence-electron chi connectivity index (χ0n) is 16.9. The van der Waals surface area contributed by atoms with Crippen LogP contribution in [0.25, 0.3) is 0 Å². The standard InChI is InChI=1S/C20H30N4O5/c1-29-11-12-4-6-23(7-5-12)19(27)17-13-2-3-14(17)10-24(9-13)16(25)8-15-18(26)22-20(28)21-15/h12-15,17H,2-11H2,1H3,(H2,21,22,26,28). The van der Waals surface area contributed by atoms with E-state index in [-0.39, 0.29) is 36.0 Å². The van der Waals surface area contributed by atoms with Crippen LogP contribution in [0.5, 0.6) is 0 Å². The van der Waals surface area contributed by atoms with Crippen molar-refractivity contribution >= 4 is 23.8 Å². The predicted octanol–water partition coefficient (Wildman–Crippen LogP) is -0.0459. The van der Waals surface area contributed by atoms with E-state index in [4.69, 9.17) is 4.74 Å². The topological polar surface area (TPSA) is 108 Å². The molecule has 29 heavy (non-hydrogen) atoms. The van der Waals surface area contributed by atoms with E-state index in [0.29, 0.717) is 19.0 Å². The van der Waals surface area contributed by atoms with E-state index in [1.807, 2.05) is 4.90 Å².